The normalized spacial score (nSPS) is 18.2. The molecule has 1 amide bonds. The molecule has 5 nitrogen and oxygen atoms in total. The number of likely N-dealkylation sites (tertiary alicyclic amines) is 1. The number of aryl methyl sites for hydroxylation is 1. The van der Waals surface area contributed by atoms with Crippen molar-refractivity contribution in [2.45, 2.75) is 19.8 Å². The fourth-order valence-corrected chi connectivity index (χ4v) is 2.94. The molecule has 0 radical (unpaired) electrons. The zero-order chi connectivity index (χ0) is 14.8. The smallest absolute Gasteiger partial charge is 0.219 e. The first-order valence-electron chi connectivity index (χ1n) is 7.33. The number of amides is 1. The van der Waals surface area contributed by atoms with Crippen molar-refractivity contribution in [3.05, 3.63) is 36.2 Å². The average Bonchev–Trinajstić information content (AvgIpc) is 3.08. The fourth-order valence-electron chi connectivity index (χ4n) is 2.94. The number of carbonyl (C=O) groups is 1. The van der Waals surface area contributed by atoms with Gasteiger partial charge >= 0.3 is 0 Å². The highest BCUT2D eigenvalue weighted by atomic mass is 16.2. The minimum Gasteiger partial charge on any atom is -0.343 e. The Kier molecular flexibility index (Phi) is 3.73. The van der Waals surface area contributed by atoms with Crippen molar-refractivity contribution in [1.29, 1.82) is 0 Å². The maximum Gasteiger partial charge on any atom is 0.219 e. The summed E-state index contributed by atoms with van der Waals surface area (Å²) in [5.41, 5.74) is 3.06. The highest BCUT2D eigenvalue weighted by Crippen LogP contribution is 2.22. The van der Waals surface area contributed by atoms with Gasteiger partial charge in [-0.05, 0) is 37.0 Å². The van der Waals surface area contributed by atoms with Crippen molar-refractivity contribution in [2.24, 2.45) is 13.0 Å². The number of pyridine rings is 1. The van der Waals surface area contributed by atoms with Crippen LogP contribution >= 0.6 is 0 Å². The first-order chi connectivity index (χ1) is 10.1. The van der Waals surface area contributed by atoms with Gasteiger partial charge in [0.2, 0.25) is 5.91 Å². The number of hydrogen-bond acceptors (Lipinski definition) is 3. The maximum atomic E-state index is 11.4. The first kappa shape index (κ1) is 13.8. The molecule has 3 rings (SSSR count). The lowest BCUT2D eigenvalue weighted by Gasteiger charge is -2.14. The Morgan fingerprint density at radius 1 is 1.38 bits per heavy atom. The molecule has 5 heteroatoms. The topological polar surface area (TPSA) is 51.0 Å². The summed E-state index contributed by atoms with van der Waals surface area (Å²) in [5, 5.41) is 4.19. The molecule has 0 N–H and O–H groups in total. The second-order valence-electron chi connectivity index (χ2n) is 5.68. The zero-order valence-corrected chi connectivity index (χ0v) is 12.5. The molecule has 0 aliphatic carbocycles. The second kappa shape index (κ2) is 5.68. The van der Waals surface area contributed by atoms with Gasteiger partial charge in [0.25, 0.3) is 0 Å². The molecule has 1 aliphatic rings. The molecular formula is C16H20N4O. The lowest BCUT2D eigenvalue weighted by Crippen LogP contribution is -2.26. The van der Waals surface area contributed by atoms with Crippen LogP contribution in [0, 0.1) is 5.92 Å². The third kappa shape index (κ3) is 2.96. The summed E-state index contributed by atoms with van der Waals surface area (Å²) in [4.78, 5) is 18.1. The van der Waals surface area contributed by atoms with Crippen LogP contribution in [0.3, 0.4) is 0 Å². The fraction of sp³-hybridized carbons (Fsp3) is 0.438. The Labute approximate surface area is 124 Å². The van der Waals surface area contributed by atoms with Crippen LogP contribution in [0.15, 0.2) is 30.5 Å². The monoisotopic (exact) mass is 284 g/mol. The third-order valence-electron chi connectivity index (χ3n) is 4.12. The van der Waals surface area contributed by atoms with Crippen molar-refractivity contribution in [3.63, 3.8) is 0 Å². The van der Waals surface area contributed by atoms with Crippen LogP contribution in [0.25, 0.3) is 11.4 Å². The molecule has 1 atom stereocenters. The summed E-state index contributed by atoms with van der Waals surface area (Å²) in [6.45, 7) is 3.37. The molecule has 0 saturated carbocycles. The van der Waals surface area contributed by atoms with E-state index in [2.05, 4.69) is 11.2 Å². The van der Waals surface area contributed by atoms with Crippen LogP contribution in [0.2, 0.25) is 0 Å². The minimum absolute atomic E-state index is 0.175. The highest BCUT2D eigenvalue weighted by Gasteiger charge is 2.24. The second-order valence-corrected chi connectivity index (χ2v) is 5.68. The molecule has 21 heavy (non-hydrogen) atoms. The van der Waals surface area contributed by atoms with E-state index in [4.69, 9.17) is 4.98 Å². The van der Waals surface area contributed by atoms with Crippen molar-refractivity contribution < 1.29 is 4.79 Å². The highest BCUT2D eigenvalue weighted by molar-refractivity contribution is 5.73. The summed E-state index contributed by atoms with van der Waals surface area (Å²) >= 11 is 0. The number of hydrogen-bond donors (Lipinski definition) is 0. The van der Waals surface area contributed by atoms with Crippen LogP contribution < -0.4 is 0 Å². The number of rotatable bonds is 3. The maximum absolute atomic E-state index is 11.4. The van der Waals surface area contributed by atoms with Gasteiger partial charge in [0.1, 0.15) is 0 Å². The Morgan fingerprint density at radius 3 is 2.90 bits per heavy atom. The van der Waals surface area contributed by atoms with Gasteiger partial charge in [-0.15, -0.1) is 0 Å². The molecule has 1 fully saturated rings. The average molecular weight is 284 g/mol. The lowest BCUT2D eigenvalue weighted by molar-refractivity contribution is -0.127. The summed E-state index contributed by atoms with van der Waals surface area (Å²) in [7, 11) is 1.92. The summed E-state index contributed by atoms with van der Waals surface area (Å²) in [6, 6.07) is 8.09. The van der Waals surface area contributed by atoms with Crippen LogP contribution in [0.1, 0.15) is 19.0 Å². The van der Waals surface area contributed by atoms with E-state index in [9.17, 15) is 4.79 Å². The number of aromatic nitrogens is 3. The quantitative estimate of drug-likeness (QED) is 0.865. The molecular weight excluding hydrogens is 264 g/mol. The van der Waals surface area contributed by atoms with E-state index in [-0.39, 0.29) is 5.91 Å². The molecule has 0 bridgehead atoms. The predicted octanol–water partition coefficient (Wildman–Crippen LogP) is 1.89. The molecule has 2 aromatic heterocycles. The van der Waals surface area contributed by atoms with Crippen LogP contribution in [-0.4, -0.2) is 38.7 Å². The Hall–Kier alpha value is -2.17. The van der Waals surface area contributed by atoms with Gasteiger partial charge < -0.3 is 4.90 Å². The van der Waals surface area contributed by atoms with Gasteiger partial charge in [0.15, 0.2) is 0 Å². The van der Waals surface area contributed by atoms with Crippen molar-refractivity contribution in [1.82, 2.24) is 19.7 Å². The number of carbonyl (C=O) groups excluding carboxylic acids is 1. The van der Waals surface area contributed by atoms with E-state index in [0.717, 1.165) is 43.0 Å². The summed E-state index contributed by atoms with van der Waals surface area (Å²) in [5.74, 6) is 0.692. The van der Waals surface area contributed by atoms with Crippen LogP contribution in [0.5, 0.6) is 0 Å². The van der Waals surface area contributed by atoms with Gasteiger partial charge in [0, 0.05) is 39.0 Å². The Balaban J connectivity index is 1.73. The SMILES string of the molecule is CC(=O)N1CC[C@H](Cc2cccc(-c3ccnn3C)n2)C1. The van der Waals surface area contributed by atoms with E-state index in [1.165, 1.54) is 0 Å². The number of nitrogens with zero attached hydrogens (tertiary/aromatic N) is 4. The van der Waals surface area contributed by atoms with Crippen molar-refractivity contribution >= 4 is 5.91 Å². The van der Waals surface area contributed by atoms with Crippen molar-refractivity contribution in [2.75, 3.05) is 13.1 Å². The Morgan fingerprint density at radius 2 is 2.24 bits per heavy atom. The molecule has 110 valence electrons. The molecule has 0 aromatic carbocycles. The van der Waals surface area contributed by atoms with E-state index in [1.54, 1.807) is 13.1 Å². The molecule has 2 aromatic rings. The van der Waals surface area contributed by atoms with Crippen LogP contribution in [-0.2, 0) is 18.3 Å². The summed E-state index contributed by atoms with van der Waals surface area (Å²) < 4.78 is 1.83. The molecule has 0 unspecified atom stereocenters. The molecule has 3 heterocycles. The standard InChI is InChI=1S/C16H20N4O/c1-12(21)20-9-7-13(11-20)10-14-4-3-5-15(18-14)16-6-8-17-19(16)2/h3-6,8,13H,7,9-11H2,1-2H3/t13-/m1/s1. The molecule has 1 saturated heterocycles. The molecule has 1 aliphatic heterocycles. The van der Waals surface area contributed by atoms with Gasteiger partial charge in [-0.1, -0.05) is 6.07 Å². The van der Waals surface area contributed by atoms with Gasteiger partial charge in [-0.2, -0.15) is 5.10 Å². The van der Waals surface area contributed by atoms with E-state index >= 15 is 0 Å². The largest absolute Gasteiger partial charge is 0.343 e. The van der Waals surface area contributed by atoms with Crippen LogP contribution in [0.4, 0.5) is 0 Å². The zero-order valence-electron chi connectivity index (χ0n) is 12.5. The lowest BCUT2D eigenvalue weighted by atomic mass is 10.0. The van der Waals surface area contributed by atoms with E-state index in [1.807, 2.05) is 34.8 Å². The van der Waals surface area contributed by atoms with Gasteiger partial charge in [-0.25, -0.2) is 0 Å². The minimum atomic E-state index is 0.175. The van der Waals surface area contributed by atoms with E-state index in [0.29, 0.717) is 5.92 Å². The van der Waals surface area contributed by atoms with Crippen molar-refractivity contribution in [3.8, 4) is 11.4 Å². The molecule has 0 spiro atoms. The third-order valence-corrected chi connectivity index (χ3v) is 4.12. The first-order valence-corrected chi connectivity index (χ1v) is 7.33. The van der Waals surface area contributed by atoms with Gasteiger partial charge in [0.05, 0.1) is 11.4 Å². The Bertz CT molecular complexity index is 649. The predicted molar refractivity (Wildman–Crippen MR) is 80.5 cm³/mol. The van der Waals surface area contributed by atoms with E-state index < -0.39 is 0 Å². The van der Waals surface area contributed by atoms with Gasteiger partial charge in [-0.3, -0.25) is 14.5 Å². The summed E-state index contributed by atoms with van der Waals surface area (Å²) in [6.07, 6.45) is 3.78.